The Kier molecular flexibility index (Phi) is 3.60. The molecule has 0 saturated heterocycles. The molecule has 0 spiro atoms. The molecule has 0 saturated carbocycles. The number of carboxylic acids is 1. The maximum absolute atomic E-state index is 12.2. The maximum atomic E-state index is 12.2. The van der Waals surface area contributed by atoms with Crippen LogP contribution >= 0.6 is 0 Å². The Labute approximate surface area is 111 Å². The van der Waals surface area contributed by atoms with Gasteiger partial charge in [-0.05, 0) is 41.5 Å². The average molecular weight is 283 g/mol. The molecule has 0 unspecified atom stereocenters. The van der Waals surface area contributed by atoms with Crippen molar-refractivity contribution in [3.63, 3.8) is 0 Å². The Morgan fingerprint density at radius 3 is 2.30 bits per heavy atom. The number of carbonyl (C=O) groups is 1. The highest BCUT2D eigenvalue weighted by Gasteiger charge is 2.31. The number of carboxylic acid groups (broad SMARTS) is 1. The summed E-state index contributed by atoms with van der Waals surface area (Å²) in [6, 6.07) is 6.31. The summed E-state index contributed by atoms with van der Waals surface area (Å²) in [5, 5.41) is 8.93. The van der Waals surface area contributed by atoms with Crippen LogP contribution in [-0.2, 0) is 0 Å². The maximum Gasteiger partial charge on any atom is 0.573 e. The second-order valence-corrected chi connectivity index (χ2v) is 3.83. The standard InChI is InChI=1S/C13H8F3NO3/c14-13(15,16)20-11-6-9(5-10(7-11)12(18)19)8-1-3-17-4-2-8/h1-7H,(H,18,19). The molecule has 0 bridgehead atoms. The molecule has 4 nitrogen and oxygen atoms in total. The Balaban J connectivity index is 2.49. The third-order valence-electron chi connectivity index (χ3n) is 2.40. The topological polar surface area (TPSA) is 59.4 Å². The minimum absolute atomic E-state index is 0.293. The molecule has 0 aliphatic carbocycles. The van der Waals surface area contributed by atoms with E-state index < -0.39 is 18.1 Å². The SMILES string of the molecule is O=C(O)c1cc(OC(F)(F)F)cc(-c2ccncc2)c1. The zero-order valence-electron chi connectivity index (χ0n) is 9.89. The number of hydrogen-bond donors (Lipinski definition) is 1. The van der Waals surface area contributed by atoms with Crippen LogP contribution in [-0.4, -0.2) is 22.4 Å². The quantitative estimate of drug-likeness (QED) is 0.938. The summed E-state index contributed by atoms with van der Waals surface area (Å²) in [6.45, 7) is 0. The zero-order valence-corrected chi connectivity index (χ0v) is 9.89. The fourth-order valence-electron chi connectivity index (χ4n) is 1.63. The van der Waals surface area contributed by atoms with E-state index in [0.29, 0.717) is 11.1 Å². The van der Waals surface area contributed by atoms with Gasteiger partial charge in [-0.1, -0.05) is 0 Å². The second-order valence-electron chi connectivity index (χ2n) is 3.83. The van der Waals surface area contributed by atoms with Gasteiger partial charge in [-0.3, -0.25) is 4.98 Å². The molecule has 7 heteroatoms. The van der Waals surface area contributed by atoms with Crippen molar-refractivity contribution >= 4 is 5.97 Å². The number of alkyl halides is 3. The van der Waals surface area contributed by atoms with Crippen molar-refractivity contribution in [3.8, 4) is 16.9 Å². The lowest BCUT2D eigenvalue weighted by atomic mass is 10.0. The van der Waals surface area contributed by atoms with Crippen molar-refractivity contribution in [2.75, 3.05) is 0 Å². The highest BCUT2D eigenvalue weighted by molar-refractivity contribution is 5.90. The van der Waals surface area contributed by atoms with Crippen molar-refractivity contribution < 1.29 is 27.8 Å². The molecule has 2 rings (SSSR count). The fraction of sp³-hybridized carbons (Fsp3) is 0.0769. The number of hydrogen-bond acceptors (Lipinski definition) is 3. The van der Waals surface area contributed by atoms with E-state index >= 15 is 0 Å². The molecule has 0 fully saturated rings. The molecule has 2 aromatic rings. The molecule has 0 amide bonds. The number of halogens is 3. The first-order chi connectivity index (χ1) is 9.35. The smallest absolute Gasteiger partial charge is 0.478 e. The van der Waals surface area contributed by atoms with E-state index in [4.69, 9.17) is 5.11 Å². The zero-order chi connectivity index (χ0) is 14.8. The number of pyridine rings is 1. The van der Waals surface area contributed by atoms with Gasteiger partial charge in [-0.15, -0.1) is 13.2 Å². The second kappa shape index (κ2) is 5.20. The van der Waals surface area contributed by atoms with Crippen LogP contribution < -0.4 is 4.74 Å². The predicted molar refractivity (Wildman–Crippen MR) is 63.3 cm³/mol. The molecule has 0 radical (unpaired) electrons. The van der Waals surface area contributed by atoms with Crippen LogP contribution in [0.2, 0.25) is 0 Å². The lowest BCUT2D eigenvalue weighted by Gasteiger charge is -2.11. The lowest BCUT2D eigenvalue weighted by Crippen LogP contribution is -2.17. The van der Waals surface area contributed by atoms with Crippen LogP contribution in [0.15, 0.2) is 42.7 Å². The van der Waals surface area contributed by atoms with E-state index in [-0.39, 0.29) is 5.56 Å². The molecule has 104 valence electrons. The first-order valence-corrected chi connectivity index (χ1v) is 5.40. The minimum Gasteiger partial charge on any atom is -0.478 e. The van der Waals surface area contributed by atoms with Gasteiger partial charge in [0.25, 0.3) is 0 Å². The summed E-state index contributed by atoms with van der Waals surface area (Å²) in [6.07, 6.45) is -1.98. The third-order valence-corrected chi connectivity index (χ3v) is 2.40. The van der Waals surface area contributed by atoms with Crippen molar-refractivity contribution in [2.45, 2.75) is 6.36 Å². The summed E-state index contributed by atoms with van der Waals surface area (Å²) in [7, 11) is 0. The average Bonchev–Trinajstić information content (AvgIpc) is 2.37. The van der Waals surface area contributed by atoms with Crippen molar-refractivity contribution in [1.82, 2.24) is 4.98 Å². The van der Waals surface area contributed by atoms with Crippen LogP contribution in [0.1, 0.15) is 10.4 Å². The third kappa shape index (κ3) is 3.47. The highest BCUT2D eigenvalue weighted by atomic mass is 19.4. The van der Waals surface area contributed by atoms with Crippen LogP contribution in [0.4, 0.5) is 13.2 Å². The van der Waals surface area contributed by atoms with Gasteiger partial charge < -0.3 is 9.84 Å². The largest absolute Gasteiger partial charge is 0.573 e. The Hall–Kier alpha value is -2.57. The summed E-state index contributed by atoms with van der Waals surface area (Å²) >= 11 is 0. The molecule has 20 heavy (non-hydrogen) atoms. The molecule has 0 aliphatic heterocycles. The van der Waals surface area contributed by atoms with E-state index in [1.165, 1.54) is 18.5 Å². The summed E-state index contributed by atoms with van der Waals surface area (Å²) in [4.78, 5) is 14.7. The van der Waals surface area contributed by atoms with Crippen LogP contribution in [0.5, 0.6) is 5.75 Å². The van der Waals surface area contributed by atoms with Gasteiger partial charge >= 0.3 is 12.3 Å². The van der Waals surface area contributed by atoms with Crippen molar-refractivity contribution in [1.29, 1.82) is 0 Å². The van der Waals surface area contributed by atoms with Crippen molar-refractivity contribution in [3.05, 3.63) is 48.3 Å². The van der Waals surface area contributed by atoms with Gasteiger partial charge in [0.1, 0.15) is 5.75 Å². The van der Waals surface area contributed by atoms with Crippen LogP contribution in [0.3, 0.4) is 0 Å². The van der Waals surface area contributed by atoms with Gasteiger partial charge in [-0.25, -0.2) is 4.79 Å². The molecular weight excluding hydrogens is 275 g/mol. The van der Waals surface area contributed by atoms with Gasteiger partial charge in [0.15, 0.2) is 0 Å². The monoisotopic (exact) mass is 283 g/mol. The molecule has 1 aromatic heterocycles. The number of benzene rings is 1. The number of aromatic carboxylic acids is 1. The summed E-state index contributed by atoms with van der Waals surface area (Å²) in [5.41, 5.74) is 0.542. The normalized spacial score (nSPS) is 11.2. The molecule has 1 aromatic carbocycles. The summed E-state index contributed by atoms with van der Waals surface area (Å²) in [5.74, 6) is -1.92. The van der Waals surface area contributed by atoms with Crippen LogP contribution in [0, 0.1) is 0 Å². The molecule has 0 aliphatic rings. The number of aromatic nitrogens is 1. The first-order valence-electron chi connectivity index (χ1n) is 5.40. The Bertz CT molecular complexity index is 627. The van der Waals surface area contributed by atoms with Gasteiger partial charge in [-0.2, -0.15) is 0 Å². The lowest BCUT2D eigenvalue weighted by molar-refractivity contribution is -0.274. The van der Waals surface area contributed by atoms with Crippen LogP contribution in [0.25, 0.3) is 11.1 Å². The van der Waals surface area contributed by atoms with E-state index in [2.05, 4.69) is 9.72 Å². The van der Waals surface area contributed by atoms with Gasteiger partial charge in [0, 0.05) is 12.4 Å². The van der Waals surface area contributed by atoms with E-state index in [9.17, 15) is 18.0 Å². The van der Waals surface area contributed by atoms with E-state index in [1.54, 1.807) is 12.1 Å². The molecule has 1 heterocycles. The van der Waals surface area contributed by atoms with E-state index in [0.717, 1.165) is 12.1 Å². The Morgan fingerprint density at radius 1 is 1.10 bits per heavy atom. The number of rotatable bonds is 3. The molecular formula is C13H8F3NO3. The number of ether oxygens (including phenoxy) is 1. The van der Waals surface area contributed by atoms with Gasteiger partial charge in [0.2, 0.25) is 0 Å². The molecule has 0 atom stereocenters. The molecule has 1 N–H and O–H groups in total. The van der Waals surface area contributed by atoms with E-state index in [1.807, 2.05) is 0 Å². The summed E-state index contributed by atoms with van der Waals surface area (Å²) < 4.78 is 40.5. The van der Waals surface area contributed by atoms with Gasteiger partial charge in [0.05, 0.1) is 5.56 Å². The Morgan fingerprint density at radius 2 is 1.75 bits per heavy atom. The predicted octanol–water partition coefficient (Wildman–Crippen LogP) is 3.35. The van der Waals surface area contributed by atoms with Crippen molar-refractivity contribution in [2.24, 2.45) is 0 Å². The first kappa shape index (κ1) is 13.9. The minimum atomic E-state index is -4.88. The number of nitrogens with zero attached hydrogens (tertiary/aromatic N) is 1. The fourth-order valence-corrected chi connectivity index (χ4v) is 1.63. The highest BCUT2D eigenvalue weighted by Crippen LogP contribution is 2.29.